The Labute approximate surface area is 189 Å². The van der Waals surface area contributed by atoms with Crippen LogP contribution in [0.4, 0.5) is 0 Å². The van der Waals surface area contributed by atoms with Gasteiger partial charge in [-0.05, 0) is 38.5 Å². The van der Waals surface area contributed by atoms with Crippen LogP contribution in [0.3, 0.4) is 0 Å². The standard InChI is InChI=1S/C23H20N4O2.Pd/c1-15-12-16(2)23(25-22(15)20-13-17(3)26-27-20)29-21-11-7-8-18(24-21)14-28-19-9-5-4-6-10-19;/h4-9,11-13H,14H2,1-3H3;/q-2;+2. The number of hydrogen-bond donors (Lipinski definition) is 0. The van der Waals surface area contributed by atoms with E-state index in [9.17, 15) is 0 Å². The van der Waals surface area contributed by atoms with Gasteiger partial charge in [-0.15, -0.1) is 12.1 Å². The Kier molecular flexibility index (Phi) is 6.99. The molecule has 0 atom stereocenters. The number of para-hydroxylation sites is 1. The van der Waals surface area contributed by atoms with E-state index in [1.54, 1.807) is 6.07 Å². The number of aryl methyl sites for hydroxylation is 3. The number of aromatic nitrogens is 4. The van der Waals surface area contributed by atoms with Gasteiger partial charge in [0.05, 0.1) is 11.4 Å². The average Bonchev–Trinajstić information content (AvgIpc) is 3.15. The van der Waals surface area contributed by atoms with Crippen LogP contribution in [0.15, 0.2) is 54.6 Å². The molecule has 3 heterocycles. The third kappa shape index (κ3) is 5.12. The van der Waals surface area contributed by atoms with Crippen molar-refractivity contribution < 1.29 is 29.9 Å². The van der Waals surface area contributed by atoms with Crippen molar-refractivity contribution >= 4 is 0 Å². The maximum atomic E-state index is 5.99. The Balaban J connectivity index is 0.00000256. The summed E-state index contributed by atoms with van der Waals surface area (Å²) in [6.07, 6.45) is 0. The molecule has 4 aromatic rings. The van der Waals surface area contributed by atoms with E-state index >= 15 is 0 Å². The molecule has 30 heavy (non-hydrogen) atoms. The van der Waals surface area contributed by atoms with Gasteiger partial charge >= 0.3 is 20.4 Å². The molecule has 154 valence electrons. The zero-order valence-electron chi connectivity index (χ0n) is 16.8. The van der Waals surface area contributed by atoms with Crippen molar-refractivity contribution in [2.45, 2.75) is 27.4 Å². The molecule has 6 nitrogen and oxygen atoms in total. The predicted molar refractivity (Wildman–Crippen MR) is 109 cm³/mol. The van der Waals surface area contributed by atoms with Crippen LogP contribution in [0.25, 0.3) is 11.4 Å². The first kappa shape index (κ1) is 21.7. The maximum absolute atomic E-state index is 5.99. The number of hydrogen-bond acceptors (Lipinski definition) is 5. The summed E-state index contributed by atoms with van der Waals surface area (Å²) in [6.45, 7) is 6.19. The van der Waals surface area contributed by atoms with Crippen LogP contribution in [-0.4, -0.2) is 15.1 Å². The fourth-order valence-corrected chi connectivity index (χ4v) is 2.91. The van der Waals surface area contributed by atoms with Gasteiger partial charge in [0.25, 0.3) is 0 Å². The molecule has 4 rings (SSSR count). The molecule has 7 heteroatoms. The van der Waals surface area contributed by atoms with E-state index in [-0.39, 0.29) is 20.4 Å². The molecular formula is C23H20N4O2Pd. The van der Waals surface area contributed by atoms with Crippen molar-refractivity contribution in [3.63, 3.8) is 0 Å². The molecule has 0 radical (unpaired) electrons. The molecule has 3 aromatic heterocycles. The Bertz CT molecular complexity index is 1130. The molecular weight excluding hydrogens is 471 g/mol. The second kappa shape index (κ2) is 9.66. The van der Waals surface area contributed by atoms with Crippen molar-refractivity contribution in [2.75, 3.05) is 0 Å². The Hall–Kier alpha value is -3.01. The van der Waals surface area contributed by atoms with E-state index in [1.807, 2.05) is 69.3 Å². The predicted octanol–water partition coefficient (Wildman–Crippen LogP) is 4.59. The van der Waals surface area contributed by atoms with Crippen molar-refractivity contribution in [2.24, 2.45) is 0 Å². The largest absolute Gasteiger partial charge is 2.00 e. The molecule has 0 unspecified atom stereocenters. The van der Waals surface area contributed by atoms with Crippen LogP contribution >= 0.6 is 0 Å². The average molecular weight is 491 g/mol. The van der Waals surface area contributed by atoms with Crippen LogP contribution in [0.1, 0.15) is 22.5 Å². The molecule has 0 N–H and O–H groups in total. The summed E-state index contributed by atoms with van der Waals surface area (Å²) in [5.74, 6) is 1.62. The summed E-state index contributed by atoms with van der Waals surface area (Å²) in [4.78, 5) is 9.20. The van der Waals surface area contributed by atoms with Crippen molar-refractivity contribution in [3.05, 3.63) is 83.2 Å². The van der Waals surface area contributed by atoms with Crippen molar-refractivity contribution in [1.29, 1.82) is 0 Å². The quantitative estimate of drug-likeness (QED) is 0.291. The third-order valence-corrected chi connectivity index (χ3v) is 4.30. The van der Waals surface area contributed by atoms with Crippen LogP contribution in [0.5, 0.6) is 17.5 Å². The Morgan fingerprint density at radius 2 is 1.83 bits per heavy atom. The molecule has 0 aliphatic carbocycles. The summed E-state index contributed by atoms with van der Waals surface area (Å²) in [5, 5.41) is 8.26. The Morgan fingerprint density at radius 3 is 2.57 bits per heavy atom. The molecule has 0 aliphatic heterocycles. The van der Waals surface area contributed by atoms with E-state index < -0.39 is 0 Å². The molecule has 0 aliphatic rings. The van der Waals surface area contributed by atoms with Gasteiger partial charge in [0.15, 0.2) is 0 Å². The first-order chi connectivity index (χ1) is 14.1. The van der Waals surface area contributed by atoms with E-state index in [4.69, 9.17) is 9.47 Å². The minimum atomic E-state index is 0. The number of rotatable bonds is 6. The SMILES string of the molecule is Cc1cc(-c2nc(Oc3cccc(COc4[c-]cccc4)n3)c(C)cc2C)[n-]n1.[Pd+2]. The molecule has 0 saturated heterocycles. The Morgan fingerprint density at radius 1 is 0.967 bits per heavy atom. The van der Waals surface area contributed by atoms with Crippen LogP contribution in [0.2, 0.25) is 0 Å². The van der Waals surface area contributed by atoms with Gasteiger partial charge in [-0.1, -0.05) is 17.8 Å². The molecule has 0 amide bonds. The minimum Gasteiger partial charge on any atom is -0.573 e. The first-order valence-electron chi connectivity index (χ1n) is 9.27. The number of ether oxygens (including phenoxy) is 2. The monoisotopic (exact) mass is 490 g/mol. The molecule has 1 aromatic carbocycles. The molecule has 0 spiro atoms. The van der Waals surface area contributed by atoms with Crippen LogP contribution in [-0.2, 0) is 27.0 Å². The van der Waals surface area contributed by atoms with E-state index in [2.05, 4.69) is 26.2 Å². The third-order valence-electron chi connectivity index (χ3n) is 4.30. The van der Waals surface area contributed by atoms with E-state index in [0.717, 1.165) is 33.9 Å². The zero-order valence-corrected chi connectivity index (χ0v) is 18.4. The van der Waals surface area contributed by atoms with E-state index in [0.29, 0.717) is 24.1 Å². The van der Waals surface area contributed by atoms with Gasteiger partial charge in [-0.2, -0.15) is 18.2 Å². The van der Waals surface area contributed by atoms with Crippen LogP contribution < -0.4 is 14.6 Å². The molecule has 0 bridgehead atoms. The van der Waals surface area contributed by atoms with Gasteiger partial charge in [-0.3, -0.25) is 0 Å². The summed E-state index contributed by atoms with van der Waals surface area (Å²) in [6, 6.07) is 20.0. The first-order valence-corrected chi connectivity index (χ1v) is 9.27. The minimum absolute atomic E-state index is 0. The van der Waals surface area contributed by atoms with Crippen molar-refractivity contribution in [1.82, 2.24) is 20.2 Å². The maximum Gasteiger partial charge on any atom is 2.00 e. The molecule has 0 saturated carbocycles. The number of nitrogens with zero attached hydrogens (tertiary/aromatic N) is 4. The molecule has 0 fully saturated rings. The van der Waals surface area contributed by atoms with Gasteiger partial charge in [0, 0.05) is 23.1 Å². The summed E-state index contributed by atoms with van der Waals surface area (Å²) < 4.78 is 11.7. The van der Waals surface area contributed by atoms with Gasteiger partial charge in [-0.25, -0.2) is 9.97 Å². The summed E-state index contributed by atoms with van der Waals surface area (Å²) >= 11 is 0. The van der Waals surface area contributed by atoms with E-state index in [1.165, 1.54) is 0 Å². The fourth-order valence-electron chi connectivity index (χ4n) is 2.91. The van der Waals surface area contributed by atoms with Crippen LogP contribution in [0, 0.1) is 26.8 Å². The second-order valence-electron chi connectivity index (χ2n) is 6.73. The second-order valence-corrected chi connectivity index (χ2v) is 6.73. The summed E-state index contributed by atoms with van der Waals surface area (Å²) in [7, 11) is 0. The van der Waals surface area contributed by atoms with Gasteiger partial charge < -0.3 is 19.7 Å². The zero-order chi connectivity index (χ0) is 20.2. The van der Waals surface area contributed by atoms with Gasteiger partial charge in [0.1, 0.15) is 6.61 Å². The topological polar surface area (TPSA) is 71.2 Å². The van der Waals surface area contributed by atoms with Crippen molar-refractivity contribution in [3.8, 4) is 28.9 Å². The number of pyridine rings is 2. The normalized spacial score (nSPS) is 10.4. The van der Waals surface area contributed by atoms with Gasteiger partial charge in [0.2, 0.25) is 11.8 Å². The number of benzene rings is 1. The summed E-state index contributed by atoms with van der Waals surface area (Å²) in [5.41, 5.74) is 5.04. The fraction of sp³-hybridized carbons (Fsp3) is 0.174. The smallest absolute Gasteiger partial charge is 0.573 e.